The van der Waals surface area contributed by atoms with Crippen molar-refractivity contribution in [1.82, 2.24) is 0 Å². The van der Waals surface area contributed by atoms with E-state index in [1.807, 2.05) is 0 Å². The highest BCUT2D eigenvalue weighted by atomic mass is 16.5. The minimum Gasteiger partial charge on any atom is -0.501 e. The van der Waals surface area contributed by atoms with Gasteiger partial charge in [-0.2, -0.15) is 0 Å². The van der Waals surface area contributed by atoms with Gasteiger partial charge in [0, 0.05) is 6.42 Å². The summed E-state index contributed by atoms with van der Waals surface area (Å²) >= 11 is 0. The molecule has 3 unspecified atom stereocenters. The SMILES string of the molecule is CC1CC1C(O)C1=COCC1. The summed E-state index contributed by atoms with van der Waals surface area (Å²) in [4.78, 5) is 0. The van der Waals surface area contributed by atoms with Gasteiger partial charge in [-0.3, -0.25) is 0 Å². The zero-order chi connectivity index (χ0) is 7.84. The molecular formula is C9H14O2. The van der Waals surface area contributed by atoms with Gasteiger partial charge in [0.15, 0.2) is 0 Å². The van der Waals surface area contributed by atoms with Crippen LogP contribution in [0.1, 0.15) is 19.8 Å². The molecule has 2 rings (SSSR count). The van der Waals surface area contributed by atoms with Gasteiger partial charge in [0.25, 0.3) is 0 Å². The maximum Gasteiger partial charge on any atom is 0.0912 e. The molecule has 62 valence electrons. The molecule has 0 spiro atoms. The summed E-state index contributed by atoms with van der Waals surface area (Å²) in [6, 6.07) is 0. The predicted molar refractivity (Wildman–Crippen MR) is 41.9 cm³/mol. The van der Waals surface area contributed by atoms with Crippen molar-refractivity contribution in [3.8, 4) is 0 Å². The summed E-state index contributed by atoms with van der Waals surface area (Å²) in [5, 5.41) is 9.71. The van der Waals surface area contributed by atoms with Crippen molar-refractivity contribution in [3.05, 3.63) is 11.8 Å². The van der Waals surface area contributed by atoms with E-state index < -0.39 is 0 Å². The van der Waals surface area contributed by atoms with Gasteiger partial charge in [0.05, 0.1) is 19.0 Å². The summed E-state index contributed by atoms with van der Waals surface area (Å²) in [5.41, 5.74) is 1.10. The van der Waals surface area contributed by atoms with Crippen LogP contribution in [0.4, 0.5) is 0 Å². The molecule has 2 heteroatoms. The van der Waals surface area contributed by atoms with Crippen LogP contribution in [0.3, 0.4) is 0 Å². The molecule has 2 aliphatic rings. The lowest BCUT2D eigenvalue weighted by Crippen LogP contribution is -2.12. The predicted octanol–water partition coefficient (Wildman–Crippen LogP) is 1.31. The largest absolute Gasteiger partial charge is 0.501 e. The Kier molecular flexibility index (Phi) is 1.64. The van der Waals surface area contributed by atoms with E-state index in [2.05, 4.69) is 6.92 Å². The first-order valence-electron chi connectivity index (χ1n) is 4.27. The summed E-state index contributed by atoms with van der Waals surface area (Å²) in [6.45, 7) is 2.94. The molecule has 11 heavy (non-hydrogen) atoms. The van der Waals surface area contributed by atoms with E-state index in [9.17, 15) is 5.11 Å². The smallest absolute Gasteiger partial charge is 0.0912 e. The molecule has 0 bridgehead atoms. The van der Waals surface area contributed by atoms with Gasteiger partial charge < -0.3 is 9.84 Å². The van der Waals surface area contributed by atoms with Crippen LogP contribution >= 0.6 is 0 Å². The van der Waals surface area contributed by atoms with Crippen LogP contribution in [0.2, 0.25) is 0 Å². The molecule has 2 nitrogen and oxygen atoms in total. The first-order chi connectivity index (χ1) is 5.29. The van der Waals surface area contributed by atoms with E-state index in [0.29, 0.717) is 11.8 Å². The standard InChI is InChI=1S/C9H14O2/c1-6-4-8(6)9(10)7-2-3-11-5-7/h5-6,8-10H,2-4H2,1H3. The number of hydrogen-bond donors (Lipinski definition) is 1. The van der Waals surface area contributed by atoms with E-state index in [1.54, 1.807) is 6.26 Å². The van der Waals surface area contributed by atoms with Gasteiger partial charge in [-0.15, -0.1) is 0 Å². The molecular weight excluding hydrogens is 140 g/mol. The van der Waals surface area contributed by atoms with E-state index in [1.165, 1.54) is 6.42 Å². The Morgan fingerprint density at radius 3 is 2.91 bits per heavy atom. The fraction of sp³-hybridized carbons (Fsp3) is 0.778. The maximum atomic E-state index is 9.71. The van der Waals surface area contributed by atoms with Crippen LogP contribution < -0.4 is 0 Å². The first-order valence-corrected chi connectivity index (χ1v) is 4.27. The Labute approximate surface area is 66.9 Å². The third kappa shape index (κ3) is 1.27. The van der Waals surface area contributed by atoms with E-state index in [4.69, 9.17) is 4.74 Å². The van der Waals surface area contributed by atoms with Crippen molar-refractivity contribution < 1.29 is 9.84 Å². The van der Waals surface area contributed by atoms with Crippen molar-refractivity contribution in [2.75, 3.05) is 6.61 Å². The first kappa shape index (κ1) is 7.17. The highest BCUT2D eigenvalue weighted by Crippen LogP contribution is 2.43. The molecule has 0 aromatic heterocycles. The molecule has 1 aliphatic carbocycles. The molecule has 1 aliphatic heterocycles. The zero-order valence-electron chi connectivity index (χ0n) is 6.79. The Hall–Kier alpha value is -0.500. The van der Waals surface area contributed by atoms with Crippen LogP contribution in [0, 0.1) is 11.8 Å². The number of aliphatic hydroxyl groups excluding tert-OH is 1. The van der Waals surface area contributed by atoms with Crippen LogP contribution in [0.25, 0.3) is 0 Å². The summed E-state index contributed by atoms with van der Waals surface area (Å²) in [6.07, 6.45) is 3.62. The van der Waals surface area contributed by atoms with Crippen LogP contribution in [-0.4, -0.2) is 17.8 Å². The highest BCUT2D eigenvalue weighted by Gasteiger charge is 2.40. The second-order valence-corrected chi connectivity index (χ2v) is 3.64. The molecule has 1 N–H and O–H groups in total. The summed E-state index contributed by atoms with van der Waals surface area (Å²) in [7, 11) is 0. The molecule has 1 fully saturated rings. The molecule has 1 saturated carbocycles. The Balaban J connectivity index is 1.94. The fourth-order valence-electron chi connectivity index (χ4n) is 1.69. The minimum absolute atomic E-state index is 0.215. The number of aliphatic hydroxyl groups is 1. The van der Waals surface area contributed by atoms with Crippen molar-refractivity contribution in [2.24, 2.45) is 11.8 Å². The molecule has 0 aromatic carbocycles. The summed E-state index contributed by atoms with van der Waals surface area (Å²) in [5.74, 6) is 1.23. The average Bonchev–Trinajstić information content (AvgIpc) is 2.56. The third-order valence-corrected chi connectivity index (χ3v) is 2.70. The molecule has 0 saturated heterocycles. The topological polar surface area (TPSA) is 29.5 Å². The van der Waals surface area contributed by atoms with Gasteiger partial charge in [0.1, 0.15) is 0 Å². The number of hydrogen-bond acceptors (Lipinski definition) is 2. The third-order valence-electron chi connectivity index (χ3n) is 2.70. The van der Waals surface area contributed by atoms with Crippen molar-refractivity contribution in [2.45, 2.75) is 25.9 Å². The lowest BCUT2D eigenvalue weighted by molar-refractivity contribution is 0.179. The van der Waals surface area contributed by atoms with Gasteiger partial charge in [-0.05, 0) is 23.8 Å². The fourth-order valence-corrected chi connectivity index (χ4v) is 1.69. The van der Waals surface area contributed by atoms with Crippen LogP contribution in [0.15, 0.2) is 11.8 Å². The quantitative estimate of drug-likeness (QED) is 0.649. The number of ether oxygens (including phenoxy) is 1. The van der Waals surface area contributed by atoms with Crippen molar-refractivity contribution in [3.63, 3.8) is 0 Å². The maximum absolute atomic E-state index is 9.71. The average molecular weight is 154 g/mol. The van der Waals surface area contributed by atoms with Crippen LogP contribution in [-0.2, 0) is 4.74 Å². The van der Waals surface area contributed by atoms with Gasteiger partial charge in [0.2, 0.25) is 0 Å². The lowest BCUT2D eigenvalue weighted by atomic mass is 10.0. The van der Waals surface area contributed by atoms with Gasteiger partial charge in [-0.1, -0.05) is 6.92 Å². The summed E-state index contributed by atoms with van der Waals surface area (Å²) < 4.78 is 5.07. The number of rotatable bonds is 2. The molecule has 0 aromatic rings. The lowest BCUT2D eigenvalue weighted by Gasteiger charge is -2.08. The molecule has 0 radical (unpaired) electrons. The van der Waals surface area contributed by atoms with Crippen molar-refractivity contribution >= 4 is 0 Å². The van der Waals surface area contributed by atoms with E-state index in [-0.39, 0.29) is 6.10 Å². The highest BCUT2D eigenvalue weighted by molar-refractivity contribution is 5.13. The zero-order valence-corrected chi connectivity index (χ0v) is 6.79. The van der Waals surface area contributed by atoms with Gasteiger partial charge in [-0.25, -0.2) is 0 Å². The molecule has 1 heterocycles. The second-order valence-electron chi connectivity index (χ2n) is 3.64. The molecule has 0 amide bonds. The van der Waals surface area contributed by atoms with E-state index in [0.717, 1.165) is 18.6 Å². The normalized spacial score (nSPS) is 37.8. The monoisotopic (exact) mass is 154 g/mol. The van der Waals surface area contributed by atoms with Gasteiger partial charge >= 0.3 is 0 Å². The second kappa shape index (κ2) is 2.52. The Bertz CT molecular complexity index is 186. The molecule has 3 atom stereocenters. The van der Waals surface area contributed by atoms with Crippen molar-refractivity contribution in [1.29, 1.82) is 0 Å². The minimum atomic E-state index is -0.215. The van der Waals surface area contributed by atoms with E-state index >= 15 is 0 Å². The van der Waals surface area contributed by atoms with Crippen LogP contribution in [0.5, 0.6) is 0 Å². The Morgan fingerprint density at radius 1 is 1.73 bits per heavy atom. The Morgan fingerprint density at radius 2 is 2.45 bits per heavy atom.